The minimum atomic E-state index is 0.233. The lowest BCUT2D eigenvalue weighted by molar-refractivity contribution is 0.410. The van der Waals surface area contributed by atoms with Crippen molar-refractivity contribution < 1.29 is 9.84 Å². The second-order valence-corrected chi connectivity index (χ2v) is 5.39. The van der Waals surface area contributed by atoms with Crippen molar-refractivity contribution in [3.05, 3.63) is 46.2 Å². The van der Waals surface area contributed by atoms with E-state index in [2.05, 4.69) is 21.7 Å². The first kappa shape index (κ1) is 15.2. The van der Waals surface area contributed by atoms with Crippen LogP contribution in [0.2, 0.25) is 0 Å². The molecule has 0 aliphatic rings. The summed E-state index contributed by atoms with van der Waals surface area (Å²) in [6.07, 6.45) is 0. The third kappa shape index (κ3) is 4.39. The smallest absolute Gasteiger partial charge is 0.191 e. The Balaban J connectivity index is 1.91. The molecule has 0 aliphatic heterocycles. The monoisotopic (exact) mass is 305 g/mol. The second-order valence-electron chi connectivity index (χ2n) is 4.35. The molecule has 1 aromatic carbocycles. The molecule has 5 nitrogen and oxygen atoms in total. The molecule has 1 aromatic heterocycles. The Hall–Kier alpha value is -2.21. The molecule has 0 atom stereocenters. The van der Waals surface area contributed by atoms with Gasteiger partial charge in [0.2, 0.25) is 0 Å². The van der Waals surface area contributed by atoms with Crippen molar-refractivity contribution in [3.8, 4) is 11.5 Å². The third-order valence-corrected chi connectivity index (χ3v) is 3.84. The maximum atomic E-state index is 9.84. The zero-order chi connectivity index (χ0) is 15.1. The first-order valence-corrected chi connectivity index (χ1v) is 7.43. The number of hydrogen-bond acceptors (Lipinski definition) is 4. The van der Waals surface area contributed by atoms with E-state index in [-0.39, 0.29) is 5.75 Å². The Labute approximate surface area is 128 Å². The molecule has 3 N–H and O–H groups in total. The molecular formula is C15H19N3O2S. The highest BCUT2D eigenvalue weighted by Crippen LogP contribution is 2.22. The number of phenolic OH excluding ortho intramolecular Hbond substituents is 1. The van der Waals surface area contributed by atoms with Crippen LogP contribution in [0.25, 0.3) is 0 Å². The second kappa shape index (κ2) is 7.54. The van der Waals surface area contributed by atoms with Crippen molar-refractivity contribution >= 4 is 17.3 Å². The lowest BCUT2D eigenvalue weighted by Crippen LogP contribution is -2.36. The molecule has 0 radical (unpaired) electrons. The van der Waals surface area contributed by atoms with Gasteiger partial charge in [0, 0.05) is 24.0 Å². The Morgan fingerprint density at radius 2 is 2.10 bits per heavy atom. The number of hydrogen-bond donors (Lipinski definition) is 3. The summed E-state index contributed by atoms with van der Waals surface area (Å²) in [7, 11) is 3.32. The molecule has 0 spiro atoms. The van der Waals surface area contributed by atoms with Gasteiger partial charge in [0.05, 0.1) is 13.7 Å². The standard InChI is InChI=1S/C15H19N3O2S/c1-16-15(18-10-13-4-3-7-21-13)17-9-11-8-12(20-2)5-6-14(11)19/h3-8,19H,9-10H2,1-2H3,(H2,16,17,18). The fourth-order valence-electron chi connectivity index (χ4n) is 1.81. The lowest BCUT2D eigenvalue weighted by atomic mass is 10.2. The molecule has 6 heteroatoms. The van der Waals surface area contributed by atoms with E-state index in [1.54, 1.807) is 43.7 Å². The molecule has 0 saturated heterocycles. The first-order valence-electron chi connectivity index (χ1n) is 6.55. The summed E-state index contributed by atoms with van der Waals surface area (Å²) >= 11 is 1.70. The van der Waals surface area contributed by atoms with Gasteiger partial charge in [-0.2, -0.15) is 0 Å². The summed E-state index contributed by atoms with van der Waals surface area (Å²) in [5.74, 6) is 1.63. The maximum Gasteiger partial charge on any atom is 0.191 e. The van der Waals surface area contributed by atoms with Gasteiger partial charge < -0.3 is 20.5 Å². The molecule has 1 heterocycles. The summed E-state index contributed by atoms with van der Waals surface area (Å²) in [6.45, 7) is 1.19. The molecule has 21 heavy (non-hydrogen) atoms. The number of aromatic hydroxyl groups is 1. The number of ether oxygens (including phenoxy) is 1. The Morgan fingerprint density at radius 1 is 1.29 bits per heavy atom. The van der Waals surface area contributed by atoms with Crippen LogP contribution in [0.3, 0.4) is 0 Å². The number of rotatable bonds is 5. The molecule has 2 rings (SSSR count). The van der Waals surface area contributed by atoms with Crippen molar-refractivity contribution in [1.82, 2.24) is 10.6 Å². The van der Waals surface area contributed by atoms with Gasteiger partial charge in [-0.05, 0) is 29.6 Å². The minimum absolute atomic E-state index is 0.233. The molecule has 0 fully saturated rings. The zero-order valence-corrected chi connectivity index (χ0v) is 12.9. The number of aliphatic imine (C=N–C) groups is 1. The van der Waals surface area contributed by atoms with Crippen LogP contribution in [-0.4, -0.2) is 25.2 Å². The van der Waals surface area contributed by atoms with E-state index in [4.69, 9.17) is 4.74 Å². The summed E-state index contributed by atoms with van der Waals surface area (Å²) in [6, 6.07) is 9.24. The molecule has 112 valence electrons. The predicted molar refractivity (Wildman–Crippen MR) is 86.0 cm³/mol. The summed E-state index contributed by atoms with van der Waals surface area (Å²) in [5, 5.41) is 18.3. The Morgan fingerprint density at radius 3 is 2.76 bits per heavy atom. The summed E-state index contributed by atoms with van der Waals surface area (Å²) in [5.41, 5.74) is 0.758. The van der Waals surface area contributed by atoms with E-state index >= 15 is 0 Å². The van der Waals surface area contributed by atoms with Gasteiger partial charge in [0.25, 0.3) is 0 Å². The van der Waals surface area contributed by atoms with E-state index in [1.165, 1.54) is 4.88 Å². The van der Waals surface area contributed by atoms with Crippen LogP contribution in [-0.2, 0) is 13.1 Å². The van der Waals surface area contributed by atoms with Crippen molar-refractivity contribution in [2.45, 2.75) is 13.1 Å². The number of guanidine groups is 1. The van der Waals surface area contributed by atoms with Gasteiger partial charge in [-0.1, -0.05) is 6.07 Å². The summed E-state index contributed by atoms with van der Waals surface area (Å²) < 4.78 is 5.16. The average Bonchev–Trinajstić information content (AvgIpc) is 3.02. The quantitative estimate of drug-likeness (QED) is 0.586. The van der Waals surface area contributed by atoms with Gasteiger partial charge in [-0.3, -0.25) is 4.99 Å². The number of phenols is 1. The molecular weight excluding hydrogens is 286 g/mol. The average molecular weight is 305 g/mol. The molecule has 0 bridgehead atoms. The number of nitrogens with one attached hydrogen (secondary N) is 2. The van der Waals surface area contributed by atoms with Gasteiger partial charge in [-0.15, -0.1) is 11.3 Å². The SMILES string of the molecule is CN=C(NCc1cccs1)NCc1cc(OC)ccc1O. The number of thiophene rings is 1. The predicted octanol–water partition coefficient (Wildman–Crippen LogP) is 2.33. The van der Waals surface area contributed by atoms with Crippen LogP contribution in [0.15, 0.2) is 40.7 Å². The zero-order valence-electron chi connectivity index (χ0n) is 12.1. The molecule has 0 saturated carbocycles. The maximum absolute atomic E-state index is 9.84. The lowest BCUT2D eigenvalue weighted by Gasteiger charge is -2.12. The van der Waals surface area contributed by atoms with Crippen molar-refractivity contribution in [2.24, 2.45) is 4.99 Å². The molecule has 2 aromatic rings. The normalized spacial score (nSPS) is 11.2. The van der Waals surface area contributed by atoms with Crippen LogP contribution >= 0.6 is 11.3 Å². The van der Waals surface area contributed by atoms with E-state index in [0.717, 1.165) is 12.1 Å². The number of methoxy groups -OCH3 is 1. The highest BCUT2D eigenvalue weighted by molar-refractivity contribution is 7.09. The van der Waals surface area contributed by atoms with E-state index in [9.17, 15) is 5.11 Å². The third-order valence-electron chi connectivity index (χ3n) is 2.97. The van der Waals surface area contributed by atoms with Gasteiger partial charge in [0.15, 0.2) is 5.96 Å². The highest BCUT2D eigenvalue weighted by atomic mass is 32.1. The van der Waals surface area contributed by atoms with Gasteiger partial charge in [0.1, 0.15) is 11.5 Å². The largest absolute Gasteiger partial charge is 0.508 e. The topological polar surface area (TPSA) is 65.9 Å². The Kier molecular flexibility index (Phi) is 5.45. The highest BCUT2D eigenvalue weighted by Gasteiger charge is 2.05. The number of nitrogens with zero attached hydrogens (tertiary/aromatic N) is 1. The van der Waals surface area contributed by atoms with Crippen molar-refractivity contribution in [1.29, 1.82) is 0 Å². The van der Waals surface area contributed by atoms with Crippen LogP contribution in [0.4, 0.5) is 0 Å². The summed E-state index contributed by atoms with van der Waals surface area (Å²) in [4.78, 5) is 5.40. The van der Waals surface area contributed by atoms with Crippen LogP contribution < -0.4 is 15.4 Å². The molecule has 0 aliphatic carbocycles. The van der Waals surface area contributed by atoms with Crippen LogP contribution in [0.5, 0.6) is 11.5 Å². The molecule has 0 unspecified atom stereocenters. The fourth-order valence-corrected chi connectivity index (χ4v) is 2.46. The van der Waals surface area contributed by atoms with E-state index < -0.39 is 0 Å². The van der Waals surface area contributed by atoms with E-state index in [1.807, 2.05) is 11.4 Å². The minimum Gasteiger partial charge on any atom is -0.508 e. The van der Waals surface area contributed by atoms with Crippen LogP contribution in [0.1, 0.15) is 10.4 Å². The van der Waals surface area contributed by atoms with Crippen molar-refractivity contribution in [3.63, 3.8) is 0 Å². The fraction of sp³-hybridized carbons (Fsp3) is 0.267. The Bertz CT molecular complexity index is 597. The van der Waals surface area contributed by atoms with Crippen LogP contribution in [0, 0.1) is 0 Å². The van der Waals surface area contributed by atoms with Gasteiger partial charge in [-0.25, -0.2) is 0 Å². The van der Waals surface area contributed by atoms with Crippen molar-refractivity contribution in [2.75, 3.05) is 14.2 Å². The molecule has 0 amide bonds. The first-order chi connectivity index (χ1) is 10.2. The van der Waals surface area contributed by atoms with Gasteiger partial charge >= 0.3 is 0 Å². The van der Waals surface area contributed by atoms with E-state index in [0.29, 0.717) is 18.3 Å². The number of benzene rings is 1.